The van der Waals surface area contributed by atoms with Crippen LogP contribution in [0.25, 0.3) is 0 Å². The van der Waals surface area contributed by atoms with Crippen LogP contribution in [-0.2, 0) is 11.2 Å². The van der Waals surface area contributed by atoms with Crippen LogP contribution in [0.4, 0.5) is 0 Å². The number of hydrogen-bond donors (Lipinski definition) is 1. The number of amides is 1. The van der Waals surface area contributed by atoms with Crippen molar-refractivity contribution in [3.8, 4) is 0 Å². The van der Waals surface area contributed by atoms with Crippen molar-refractivity contribution >= 4 is 17.2 Å². The van der Waals surface area contributed by atoms with E-state index in [0.717, 1.165) is 23.7 Å². The van der Waals surface area contributed by atoms with Gasteiger partial charge in [0, 0.05) is 24.3 Å². The quantitative estimate of drug-likeness (QED) is 0.859. The number of thiazole rings is 1. The zero-order chi connectivity index (χ0) is 12.1. The minimum atomic E-state index is 0.124. The molecule has 1 aromatic heterocycles. The summed E-state index contributed by atoms with van der Waals surface area (Å²) >= 11 is 1.69. The van der Waals surface area contributed by atoms with Crippen LogP contribution >= 0.6 is 11.3 Å². The van der Waals surface area contributed by atoms with Crippen LogP contribution < -0.4 is 5.32 Å². The smallest absolute Gasteiger partial charge is 0.220 e. The lowest BCUT2D eigenvalue weighted by Crippen LogP contribution is -2.27. The van der Waals surface area contributed by atoms with Crippen molar-refractivity contribution in [2.75, 3.05) is 6.54 Å². The van der Waals surface area contributed by atoms with E-state index in [1.807, 2.05) is 6.92 Å². The summed E-state index contributed by atoms with van der Waals surface area (Å²) in [5, 5.41) is 3.98. The zero-order valence-electron chi connectivity index (χ0n) is 10.5. The summed E-state index contributed by atoms with van der Waals surface area (Å²) in [6.07, 6.45) is 1.29. The van der Waals surface area contributed by atoms with Crippen LogP contribution in [0.5, 0.6) is 0 Å². The molecule has 4 heteroatoms. The fourth-order valence-corrected chi connectivity index (χ4v) is 2.21. The lowest BCUT2D eigenvalue weighted by atomic mass is 10.2. The first-order valence-electron chi connectivity index (χ1n) is 5.68. The number of rotatable bonds is 5. The van der Waals surface area contributed by atoms with Crippen LogP contribution in [0, 0.1) is 19.8 Å². The summed E-state index contributed by atoms with van der Waals surface area (Å²) < 4.78 is 0. The maximum Gasteiger partial charge on any atom is 0.220 e. The lowest BCUT2D eigenvalue weighted by molar-refractivity contribution is -0.121. The molecule has 3 nitrogen and oxygen atoms in total. The van der Waals surface area contributed by atoms with Crippen molar-refractivity contribution in [1.82, 2.24) is 10.3 Å². The topological polar surface area (TPSA) is 42.0 Å². The summed E-state index contributed by atoms with van der Waals surface area (Å²) in [5.74, 6) is 0.632. The van der Waals surface area contributed by atoms with Gasteiger partial charge in [-0.25, -0.2) is 4.98 Å². The molecular weight excluding hydrogens is 220 g/mol. The highest BCUT2D eigenvalue weighted by atomic mass is 32.1. The van der Waals surface area contributed by atoms with Crippen molar-refractivity contribution in [3.63, 3.8) is 0 Å². The molecule has 90 valence electrons. The Morgan fingerprint density at radius 2 is 2.12 bits per heavy atom. The molecule has 0 saturated heterocycles. The highest BCUT2D eigenvalue weighted by molar-refractivity contribution is 7.11. The zero-order valence-corrected chi connectivity index (χ0v) is 11.3. The number of aryl methyl sites for hydroxylation is 3. The Morgan fingerprint density at radius 3 is 2.62 bits per heavy atom. The fraction of sp³-hybridized carbons (Fsp3) is 0.667. The first kappa shape index (κ1) is 13.2. The van der Waals surface area contributed by atoms with Crippen molar-refractivity contribution in [2.45, 2.75) is 40.5 Å². The molecule has 0 atom stereocenters. The van der Waals surface area contributed by atoms with Gasteiger partial charge in [-0.3, -0.25) is 4.79 Å². The van der Waals surface area contributed by atoms with Crippen molar-refractivity contribution in [2.24, 2.45) is 5.92 Å². The molecule has 0 bridgehead atoms. The van der Waals surface area contributed by atoms with E-state index < -0.39 is 0 Å². The molecule has 1 amide bonds. The molecule has 0 radical (unpaired) electrons. The van der Waals surface area contributed by atoms with E-state index in [0.29, 0.717) is 12.3 Å². The molecule has 0 aromatic carbocycles. The van der Waals surface area contributed by atoms with E-state index in [9.17, 15) is 4.79 Å². The Hall–Kier alpha value is -0.900. The van der Waals surface area contributed by atoms with Crippen molar-refractivity contribution in [1.29, 1.82) is 0 Å². The summed E-state index contributed by atoms with van der Waals surface area (Å²) in [6.45, 7) is 9.01. The predicted molar refractivity (Wildman–Crippen MR) is 67.8 cm³/mol. The summed E-state index contributed by atoms with van der Waals surface area (Å²) in [4.78, 5) is 17.1. The minimum Gasteiger partial charge on any atom is -0.356 e. The Bertz CT molecular complexity index is 338. The normalized spacial score (nSPS) is 10.8. The van der Waals surface area contributed by atoms with E-state index in [2.05, 4.69) is 31.1 Å². The van der Waals surface area contributed by atoms with Gasteiger partial charge in [0.05, 0.1) is 10.7 Å². The first-order valence-corrected chi connectivity index (χ1v) is 6.50. The summed E-state index contributed by atoms with van der Waals surface area (Å²) in [7, 11) is 0. The molecule has 0 aliphatic carbocycles. The lowest BCUT2D eigenvalue weighted by Gasteiger charge is -2.06. The second-order valence-corrected chi connectivity index (χ2v) is 5.73. The Morgan fingerprint density at radius 1 is 1.44 bits per heavy atom. The molecule has 0 aliphatic rings. The van der Waals surface area contributed by atoms with Gasteiger partial charge in [0.2, 0.25) is 5.91 Å². The number of nitrogens with one attached hydrogen (secondary N) is 1. The largest absolute Gasteiger partial charge is 0.356 e. The molecule has 0 spiro atoms. The maximum atomic E-state index is 11.5. The SMILES string of the molecule is Cc1nc(CCC(=O)NCC(C)C)sc1C. The van der Waals surface area contributed by atoms with Crippen LogP contribution in [0.15, 0.2) is 0 Å². The average molecular weight is 240 g/mol. The predicted octanol–water partition coefficient (Wildman–Crippen LogP) is 2.46. The van der Waals surface area contributed by atoms with Crippen molar-refractivity contribution in [3.05, 3.63) is 15.6 Å². The number of carbonyl (C=O) groups excluding carboxylic acids is 1. The third kappa shape index (κ3) is 4.31. The summed E-state index contributed by atoms with van der Waals surface area (Å²) in [6, 6.07) is 0. The molecule has 0 fully saturated rings. The van der Waals surface area contributed by atoms with Gasteiger partial charge in [-0.2, -0.15) is 0 Å². The molecule has 1 rings (SSSR count). The van der Waals surface area contributed by atoms with Crippen LogP contribution in [0.2, 0.25) is 0 Å². The van der Waals surface area contributed by atoms with Gasteiger partial charge >= 0.3 is 0 Å². The Labute approximate surface area is 101 Å². The van der Waals surface area contributed by atoms with Gasteiger partial charge < -0.3 is 5.32 Å². The first-order chi connectivity index (χ1) is 7.49. The van der Waals surface area contributed by atoms with Gasteiger partial charge in [-0.1, -0.05) is 13.8 Å². The van der Waals surface area contributed by atoms with Gasteiger partial charge in [0.25, 0.3) is 0 Å². The monoisotopic (exact) mass is 240 g/mol. The van der Waals surface area contributed by atoms with Crippen molar-refractivity contribution < 1.29 is 4.79 Å². The van der Waals surface area contributed by atoms with E-state index in [4.69, 9.17) is 0 Å². The minimum absolute atomic E-state index is 0.124. The van der Waals surface area contributed by atoms with Gasteiger partial charge in [0.1, 0.15) is 0 Å². The molecular formula is C12H20N2OS. The van der Waals surface area contributed by atoms with Crippen LogP contribution in [-0.4, -0.2) is 17.4 Å². The third-order valence-electron chi connectivity index (χ3n) is 2.35. The molecule has 0 unspecified atom stereocenters. The second kappa shape index (κ2) is 5.99. The van der Waals surface area contributed by atoms with Crippen LogP contribution in [0.1, 0.15) is 35.8 Å². The van der Waals surface area contributed by atoms with E-state index in [1.165, 1.54) is 4.88 Å². The average Bonchev–Trinajstić information content (AvgIpc) is 2.52. The van der Waals surface area contributed by atoms with Crippen LogP contribution in [0.3, 0.4) is 0 Å². The second-order valence-electron chi connectivity index (χ2n) is 4.45. The fourth-order valence-electron chi connectivity index (χ4n) is 1.27. The Kier molecular flexibility index (Phi) is 4.93. The molecule has 16 heavy (non-hydrogen) atoms. The molecule has 0 aliphatic heterocycles. The molecule has 0 saturated carbocycles. The maximum absolute atomic E-state index is 11.5. The van der Waals surface area contributed by atoms with Gasteiger partial charge in [-0.15, -0.1) is 11.3 Å². The number of carbonyl (C=O) groups is 1. The van der Waals surface area contributed by atoms with E-state index >= 15 is 0 Å². The molecule has 1 N–H and O–H groups in total. The highest BCUT2D eigenvalue weighted by Crippen LogP contribution is 2.17. The van der Waals surface area contributed by atoms with E-state index in [1.54, 1.807) is 11.3 Å². The number of nitrogens with zero attached hydrogens (tertiary/aromatic N) is 1. The van der Waals surface area contributed by atoms with Gasteiger partial charge in [-0.05, 0) is 19.8 Å². The van der Waals surface area contributed by atoms with E-state index in [-0.39, 0.29) is 5.91 Å². The summed E-state index contributed by atoms with van der Waals surface area (Å²) in [5.41, 5.74) is 1.09. The number of aromatic nitrogens is 1. The van der Waals surface area contributed by atoms with Gasteiger partial charge in [0.15, 0.2) is 0 Å². The molecule has 1 aromatic rings. The standard InChI is InChI=1S/C12H20N2OS/c1-8(2)7-13-11(15)5-6-12-14-9(3)10(4)16-12/h8H,5-7H2,1-4H3,(H,13,15). The molecule has 1 heterocycles. The number of hydrogen-bond acceptors (Lipinski definition) is 3. The highest BCUT2D eigenvalue weighted by Gasteiger charge is 2.07. The Balaban J connectivity index is 2.31. The third-order valence-corrected chi connectivity index (χ3v) is 3.48.